The van der Waals surface area contributed by atoms with E-state index in [1.807, 2.05) is 6.07 Å². The van der Waals surface area contributed by atoms with Crippen molar-refractivity contribution in [2.24, 2.45) is 0 Å². The van der Waals surface area contributed by atoms with Gasteiger partial charge < -0.3 is 0 Å². The van der Waals surface area contributed by atoms with Crippen LogP contribution in [0.25, 0.3) is 0 Å². The molecule has 1 atom stereocenters. The minimum Gasteiger partial charge on any atom is -0.245 e. The van der Waals surface area contributed by atoms with E-state index < -0.39 is 9.84 Å². The van der Waals surface area contributed by atoms with Gasteiger partial charge in [-0.15, -0.1) is 0 Å². The molecule has 0 saturated carbocycles. The summed E-state index contributed by atoms with van der Waals surface area (Å²) in [5, 5.41) is 0.162. The maximum absolute atomic E-state index is 11.2. The minimum absolute atomic E-state index is 0.162. The minimum atomic E-state index is -3.18. The zero-order chi connectivity index (χ0) is 10.8. The number of hydrogen-bond acceptors (Lipinski definition) is 3. The van der Waals surface area contributed by atoms with Crippen LogP contribution in [0.3, 0.4) is 0 Å². The average Bonchev–Trinajstić information content (AvgIpc) is 2.15. The average molecular weight is 213 g/mol. The van der Waals surface area contributed by atoms with Crippen molar-refractivity contribution in [3.8, 4) is 0 Å². The molecule has 0 aromatic carbocycles. The molecule has 1 rings (SSSR count). The van der Waals surface area contributed by atoms with Crippen LogP contribution in [-0.2, 0) is 9.84 Å². The van der Waals surface area contributed by atoms with Crippen molar-refractivity contribution >= 4 is 9.84 Å². The van der Waals surface area contributed by atoms with Crippen LogP contribution in [-0.4, -0.2) is 19.7 Å². The third-order valence-corrected chi connectivity index (χ3v) is 3.30. The molecule has 1 aromatic heterocycles. The van der Waals surface area contributed by atoms with E-state index in [9.17, 15) is 8.42 Å². The summed E-state index contributed by atoms with van der Waals surface area (Å²) >= 11 is 0. The van der Waals surface area contributed by atoms with Crippen LogP contribution in [0, 0.1) is 0 Å². The highest BCUT2D eigenvalue weighted by atomic mass is 32.2. The van der Waals surface area contributed by atoms with Crippen LogP contribution in [0.4, 0.5) is 0 Å². The second kappa shape index (κ2) is 4.09. The second-order valence-electron chi connectivity index (χ2n) is 3.51. The zero-order valence-corrected chi connectivity index (χ0v) is 9.50. The van der Waals surface area contributed by atoms with Gasteiger partial charge in [0.2, 0.25) is 0 Å². The van der Waals surface area contributed by atoms with E-state index in [-0.39, 0.29) is 5.03 Å². The van der Waals surface area contributed by atoms with E-state index in [0.29, 0.717) is 5.92 Å². The van der Waals surface area contributed by atoms with Crippen molar-refractivity contribution in [2.45, 2.75) is 31.2 Å². The highest BCUT2D eigenvalue weighted by molar-refractivity contribution is 7.90. The molecule has 1 aromatic rings. The summed E-state index contributed by atoms with van der Waals surface area (Å²) in [4.78, 5) is 3.84. The molecule has 0 spiro atoms. The molecule has 78 valence electrons. The molecule has 3 nitrogen and oxygen atoms in total. The van der Waals surface area contributed by atoms with E-state index in [0.717, 1.165) is 12.0 Å². The van der Waals surface area contributed by atoms with Gasteiger partial charge in [0, 0.05) is 12.5 Å². The van der Waals surface area contributed by atoms with Crippen molar-refractivity contribution in [2.75, 3.05) is 6.26 Å². The Labute approximate surface area is 85.1 Å². The normalized spacial score (nSPS) is 13.9. The molecule has 0 amide bonds. The summed E-state index contributed by atoms with van der Waals surface area (Å²) in [5.41, 5.74) is 1.03. The third kappa shape index (κ3) is 2.54. The van der Waals surface area contributed by atoms with Gasteiger partial charge >= 0.3 is 0 Å². The van der Waals surface area contributed by atoms with Gasteiger partial charge in [0.05, 0.1) is 0 Å². The fourth-order valence-electron chi connectivity index (χ4n) is 1.17. The second-order valence-corrected chi connectivity index (χ2v) is 5.47. The Hall–Kier alpha value is -0.900. The van der Waals surface area contributed by atoms with Crippen molar-refractivity contribution in [3.05, 3.63) is 23.9 Å². The van der Waals surface area contributed by atoms with Gasteiger partial charge in [-0.1, -0.05) is 13.8 Å². The van der Waals surface area contributed by atoms with Gasteiger partial charge in [-0.3, -0.25) is 0 Å². The van der Waals surface area contributed by atoms with Crippen molar-refractivity contribution < 1.29 is 8.42 Å². The predicted molar refractivity (Wildman–Crippen MR) is 56.1 cm³/mol. The molecular weight excluding hydrogens is 198 g/mol. The smallest absolute Gasteiger partial charge is 0.192 e. The number of nitrogens with zero attached hydrogens (tertiary/aromatic N) is 1. The van der Waals surface area contributed by atoms with Crippen molar-refractivity contribution in [1.82, 2.24) is 4.98 Å². The van der Waals surface area contributed by atoms with E-state index in [2.05, 4.69) is 18.8 Å². The van der Waals surface area contributed by atoms with Crippen LogP contribution >= 0.6 is 0 Å². The lowest BCUT2D eigenvalue weighted by Crippen LogP contribution is -2.02. The van der Waals surface area contributed by atoms with Crippen LogP contribution in [0.5, 0.6) is 0 Å². The van der Waals surface area contributed by atoms with E-state index in [1.165, 1.54) is 6.26 Å². The summed E-state index contributed by atoms with van der Waals surface area (Å²) in [6, 6.07) is 3.52. The summed E-state index contributed by atoms with van der Waals surface area (Å²) in [7, 11) is -3.18. The maximum atomic E-state index is 11.2. The van der Waals surface area contributed by atoms with Crippen molar-refractivity contribution in [1.29, 1.82) is 0 Å². The van der Waals surface area contributed by atoms with Crippen LogP contribution < -0.4 is 0 Å². The number of aromatic nitrogens is 1. The molecule has 0 fully saturated rings. The zero-order valence-electron chi connectivity index (χ0n) is 8.69. The van der Waals surface area contributed by atoms with Crippen molar-refractivity contribution in [3.63, 3.8) is 0 Å². The summed E-state index contributed by atoms with van der Waals surface area (Å²) in [6.45, 7) is 4.15. The Morgan fingerprint density at radius 2 is 2.14 bits per heavy atom. The molecule has 4 heteroatoms. The quantitative estimate of drug-likeness (QED) is 0.771. The molecule has 0 bridgehead atoms. The fraction of sp³-hybridized carbons (Fsp3) is 0.500. The molecule has 0 aliphatic rings. The Kier molecular flexibility index (Phi) is 3.26. The van der Waals surface area contributed by atoms with Crippen LogP contribution in [0.1, 0.15) is 31.7 Å². The number of hydrogen-bond donors (Lipinski definition) is 0. The van der Waals surface area contributed by atoms with E-state index in [4.69, 9.17) is 0 Å². The summed E-state index contributed by atoms with van der Waals surface area (Å²) < 4.78 is 22.5. The van der Waals surface area contributed by atoms with Gasteiger partial charge in [-0.2, -0.15) is 0 Å². The third-order valence-electron chi connectivity index (χ3n) is 2.32. The maximum Gasteiger partial charge on any atom is 0.192 e. The molecule has 0 saturated heterocycles. The Morgan fingerprint density at radius 1 is 1.50 bits per heavy atom. The molecular formula is C10H15NO2S. The highest BCUT2D eigenvalue weighted by Crippen LogP contribution is 2.19. The van der Waals surface area contributed by atoms with Gasteiger partial charge in [0.15, 0.2) is 14.9 Å². The Morgan fingerprint density at radius 3 is 2.64 bits per heavy atom. The Bertz CT molecular complexity index is 412. The molecule has 0 aliphatic heterocycles. The lowest BCUT2D eigenvalue weighted by Gasteiger charge is -2.09. The number of pyridine rings is 1. The molecule has 0 aliphatic carbocycles. The van der Waals surface area contributed by atoms with Gasteiger partial charge in [-0.25, -0.2) is 13.4 Å². The van der Waals surface area contributed by atoms with Gasteiger partial charge in [0.1, 0.15) is 0 Å². The SMILES string of the molecule is CCC(C)c1ccnc(S(C)(=O)=O)c1. The molecule has 0 N–H and O–H groups in total. The number of sulfone groups is 1. The first-order chi connectivity index (χ1) is 6.45. The Balaban J connectivity index is 3.14. The topological polar surface area (TPSA) is 47.0 Å². The molecule has 14 heavy (non-hydrogen) atoms. The molecule has 1 heterocycles. The summed E-state index contributed by atoms with van der Waals surface area (Å²) in [6.07, 6.45) is 3.72. The first-order valence-corrected chi connectivity index (χ1v) is 6.50. The first-order valence-electron chi connectivity index (χ1n) is 4.61. The highest BCUT2D eigenvalue weighted by Gasteiger charge is 2.11. The molecule has 0 radical (unpaired) electrons. The van der Waals surface area contributed by atoms with Gasteiger partial charge in [0.25, 0.3) is 0 Å². The largest absolute Gasteiger partial charge is 0.245 e. The van der Waals surface area contributed by atoms with Gasteiger partial charge in [-0.05, 0) is 30.0 Å². The van der Waals surface area contributed by atoms with Crippen LogP contribution in [0.2, 0.25) is 0 Å². The standard InChI is InChI=1S/C10H15NO2S/c1-4-8(2)9-5-6-11-10(7-9)14(3,12)13/h5-8H,4H2,1-3H3. The lowest BCUT2D eigenvalue weighted by atomic mass is 10.0. The summed E-state index contributed by atoms with van der Waals surface area (Å²) in [5.74, 6) is 0.374. The predicted octanol–water partition coefficient (Wildman–Crippen LogP) is 2.00. The number of rotatable bonds is 3. The monoisotopic (exact) mass is 213 g/mol. The van der Waals surface area contributed by atoms with Crippen LogP contribution in [0.15, 0.2) is 23.4 Å². The lowest BCUT2D eigenvalue weighted by molar-refractivity contribution is 0.597. The van der Waals surface area contributed by atoms with E-state index in [1.54, 1.807) is 12.3 Å². The van der Waals surface area contributed by atoms with E-state index >= 15 is 0 Å². The fourth-order valence-corrected chi connectivity index (χ4v) is 1.77. The molecule has 1 unspecified atom stereocenters. The first kappa shape index (κ1) is 11.2.